The quantitative estimate of drug-likeness (QED) is 0.748. The minimum absolute atomic E-state index is 0.404. The van der Waals surface area contributed by atoms with Gasteiger partial charge in [0, 0.05) is 24.2 Å². The topological polar surface area (TPSA) is 85.3 Å². The van der Waals surface area contributed by atoms with E-state index < -0.39 is 11.9 Å². The molecule has 3 N–H and O–H groups in total. The zero-order valence-corrected chi connectivity index (χ0v) is 12.2. The van der Waals surface area contributed by atoms with Crippen LogP contribution in [-0.4, -0.2) is 26.5 Å². The molecule has 0 aliphatic rings. The highest BCUT2D eigenvalue weighted by atomic mass is 16.1. The molecular formula is C16H17N5O. The number of nitrogens with zero attached hydrogens (tertiary/aromatic N) is 3. The summed E-state index contributed by atoms with van der Waals surface area (Å²) in [5.41, 5.74) is 8.16. The van der Waals surface area contributed by atoms with Gasteiger partial charge in [0.25, 0.3) is 0 Å². The summed E-state index contributed by atoms with van der Waals surface area (Å²) in [6.07, 6.45) is 2.18. The van der Waals surface area contributed by atoms with E-state index in [-0.39, 0.29) is 0 Å². The number of fused-ring (bicyclic) bond motifs is 1. The van der Waals surface area contributed by atoms with Gasteiger partial charge in [0.1, 0.15) is 11.9 Å². The molecule has 0 aliphatic carbocycles. The number of nitrogens with one attached hydrogen (secondary N) is 1. The number of rotatable bonds is 5. The van der Waals surface area contributed by atoms with Crippen LogP contribution in [0.4, 0.5) is 5.82 Å². The van der Waals surface area contributed by atoms with Gasteiger partial charge in [0.2, 0.25) is 5.91 Å². The Morgan fingerprint density at radius 3 is 2.82 bits per heavy atom. The summed E-state index contributed by atoms with van der Waals surface area (Å²) in [6, 6.07) is 12.9. The Kier molecular flexibility index (Phi) is 3.74. The third kappa shape index (κ3) is 2.90. The van der Waals surface area contributed by atoms with Gasteiger partial charge in [-0.3, -0.25) is 4.79 Å². The largest absolute Gasteiger partial charge is 0.368 e. The zero-order valence-electron chi connectivity index (χ0n) is 12.2. The first-order valence-electron chi connectivity index (χ1n) is 7.04. The molecule has 22 heavy (non-hydrogen) atoms. The van der Waals surface area contributed by atoms with Gasteiger partial charge in [-0.05, 0) is 12.5 Å². The summed E-state index contributed by atoms with van der Waals surface area (Å²) in [7, 11) is 0. The van der Waals surface area contributed by atoms with Crippen molar-refractivity contribution in [3.05, 3.63) is 59.9 Å². The van der Waals surface area contributed by atoms with Crippen LogP contribution in [0, 0.1) is 6.92 Å². The summed E-state index contributed by atoms with van der Waals surface area (Å²) in [5, 5.41) is 7.40. The molecule has 1 amide bonds. The van der Waals surface area contributed by atoms with Gasteiger partial charge in [0.05, 0.1) is 6.20 Å². The monoisotopic (exact) mass is 295 g/mol. The Hall–Kier alpha value is -2.89. The first kappa shape index (κ1) is 14.1. The number of aromatic nitrogens is 3. The van der Waals surface area contributed by atoms with Crippen LogP contribution in [0.25, 0.3) is 5.65 Å². The van der Waals surface area contributed by atoms with Gasteiger partial charge in [0.15, 0.2) is 5.65 Å². The highest BCUT2D eigenvalue weighted by Crippen LogP contribution is 2.14. The number of carbonyl (C=O) groups excluding carboxylic acids is 1. The molecule has 1 aromatic carbocycles. The smallest absolute Gasteiger partial charge is 0.240 e. The van der Waals surface area contributed by atoms with Crippen LogP contribution >= 0.6 is 0 Å². The Bertz CT molecular complexity index is 797. The van der Waals surface area contributed by atoms with Crippen LogP contribution in [0.1, 0.15) is 11.3 Å². The number of anilines is 1. The van der Waals surface area contributed by atoms with Crippen LogP contribution in [0.2, 0.25) is 0 Å². The number of hydrogen-bond donors (Lipinski definition) is 2. The Morgan fingerprint density at radius 1 is 1.32 bits per heavy atom. The molecule has 2 aromatic heterocycles. The summed E-state index contributed by atoms with van der Waals surface area (Å²) in [4.78, 5) is 16.2. The minimum atomic E-state index is -0.517. The van der Waals surface area contributed by atoms with Crippen molar-refractivity contribution < 1.29 is 4.79 Å². The maximum absolute atomic E-state index is 11.8. The van der Waals surface area contributed by atoms with Crippen LogP contribution in [-0.2, 0) is 11.2 Å². The summed E-state index contributed by atoms with van der Waals surface area (Å²) in [6.45, 7) is 1.90. The number of primary amides is 1. The molecule has 0 aliphatic heterocycles. The van der Waals surface area contributed by atoms with Gasteiger partial charge >= 0.3 is 0 Å². The van der Waals surface area contributed by atoms with Crippen molar-refractivity contribution in [1.29, 1.82) is 0 Å². The Morgan fingerprint density at radius 2 is 2.09 bits per heavy atom. The summed E-state index contributed by atoms with van der Waals surface area (Å²) in [5.74, 6) is 0.297. The van der Waals surface area contributed by atoms with Crippen molar-refractivity contribution in [3.63, 3.8) is 0 Å². The van der Waals surface area contributed by atoms with E-state index >= 15 is 0 Å². The highest BCUT2D eigenvalue weighted by molar-refractivity contribution is 5.83. The number of aryl methyl sites for hydroxylation is 1. The second-order valence-corrected chi connectivity index (χ2v) is 5.17. The van der Waals surface area contributed by atoms with Gasteiger partial charge < -0.3 is 11.1 Å². The van der Waals surface area contributed by atoms with Crippen LogP contribution in [0.5, 0.6) is 0 Å². The van der Waals surface area contributed by atoms with Crippen molar-refractivity contribution in [2.24, 2.45) is 5.73 Å². The van der Waals surface area contributed by atoms with E-state index in [0.717, 1.165) is 16.9 Å². The Labute approximate surface area is 128 Å². The molecule has 3 aromatic rings. The van der Waals surface area contributed by atoms with E-state index in [1.165, 1.54) is 0 Å². The highest BCUT2D eigenvalue weighted by Gasteiger charge is 2.17. The Balaban J connectivity index is 1.90. The lowest BCUT2D eigenvalue weighted by molar-refractivity contribution is -0.118. The molecule has 3 rings (SSSR count). The van der Waals surface area contributed by atoms with E-state index in [1.807, 2.05) is 49.4 Å². The molecule has 0 saturated heterocycles. The zero-order chi connectivity index (χ0) is 15.5. The number of carbonyl (C=O) groups is 1. The number of benzene rings is 1. The molecule has 0 fully saturated rings. The van der Waals surface area contributed by atoms with Crippen molar-refractivity contribution in [3.8, 4) is 0 Å². The van der Waals surface area contributed by atoms with Crippen molar-refractivity contribution in [2.75, 3.05) is 5.32 Å². The predicted molar refractivity (Wildman–Crippen MR) is 84.5 cm³/mol. The normalized spacial score (nSPS) is 12.2. The van der Waals surface area contributed by atoms with Crippen LogP contribution in [0.3, 0.4) is 0 Å². The van der Waals surface area contributed by atoms with Crippen molar-refractivity contribution in [2.45, 2.75) is 19.4 Å². The first-order chi connectivity index (χ1) is 10.6. The molecule has 0 radical (unpaired) electrons. The molecule has 1 atom stereocenters. The second kappa shape index (κ2) is 5.85. The third-order valence-electron chi connectivity index (χ3n) is 3.44. The fraction of sp³-hybridized carbons (Fsp3) is 0.188. The van der Waals surface area contributed by atoms with E-state index in [1.54, 1.807) is 10.7 Å². The lowest BCUT2D eigenvalue weighted by Gasteiger charge is -2.17. The molecule has 112 valence electrons. The van der Waals surface area contributed by atoms with Crippen LogP contribution in [0.15, 0.2) is 48.7 Å². The number of nitrogens with two attached hydrogens (primary N) is 1. The molecule has 0 saturated carbocycles. The molecule has 0 unspecified atom stereocenters. The minimum Gasteiger partial charge on any atom is -0.368 e. The van der Waals surface area contributed by atoms with E-state index in [0.29, 0.717) is 12.2 Å². The average molecular weight is 295 g/mol. The molecule has 0 bridgehead atoms. The van der Waals surface area contributed by atoms with Crippen molar-refractivity contribution >= 4 is 17.4 Å². The SMILES string of the molecule is Cc1cc(N[C@@H](Cc2ccccc2)C(N)=O)n2nccc2n1. The predicted octanol–water partition coefficient (Wildman–Crippen LogP) is 1.55. The standard InChI is InChI=1S/C16H17N5O/c1-11-9-15(21-14(19-11)7-8-18-21)20-13(16(17)22)10-12-5-3-2-4-6-12/h2-9,13,20H,10H2,1H3,(H2,17,22)/t13-/m0/s1. The van der Waals surface area contributed by atoms with Gasteiger partial charge in [-0.2, -0.15) is 9.61 Å². The van der Waals surface area contributed by atoms with E-state index in [4.69, 9.17) is 5.73 Å². The first-order valence-corrected chi connectivity index (χ1v) is 7.04. The molecule has 0 spiro atoms. The van der Waals surface area contributed by atoms with Gasteiger partial charge in [-0.25, -0.2) is 4.98 Å². The van der Waals surface area contributed by atoms with E-state index in [9.17, 15) is 4.79 Å². The average Bonchev–Trinajstić information content (AvgIpc) is 2.95. The second-order valence-electron chi connectivity index (χ2n) is 5.17. The fourth-order valence-corrected chi connectivity index (χ4v) is 2.39. The van der Waals surface area contributed by atoms with E-state index in [2.05, 4.69) is 15.4 Å². The molecule has 2 heterocycles. The lowest BCUT2D eigenvalue weighted by Crippen LogP contribution is -2.37. The number of amides is 1. The van der Waals surface area contributed by atoms with Crippen molar-refractivity contribution in [1.82, 2.24) is 14.6 Å². The maximum atomic E-state index is 11.8. The van der Waals surface area contributed by atoms with Crippen LogP contribution < -0.4 is 11.1 Å². The molecule has 6 nitrogen and oxygen atoms in total. The lowest BCUT2D eigenvalue weighted by atomic mass is 10.1. The summed E-state index contributed by atoms with van der Waals surface area (Å²) < 4.78 is 1.66. The third-order valence-corrected chi connectivity index (χ3v) is 3.44. The number of hydrogen-bond acceptors (Lipinski definition) is 4. The van der Waals surface area contributed by atoms with Gasteiger partial charge in [-0.1, -0.05) is 30.3 Å². The maximum Gasteiger partial charge on any atom is 0.240 e. The molecular weight excluding hydrogens is 278 g/mol. The molecule has 6 heteroatoms. The van der Waals surface area contributed by atoms with Gasteiger partial charge in [-0.15, -0.1) is 0 Å². The fourth-order valence-electron chi connectivity index (χ4n) is 2.39. The summed E-state index contributed by atoms with van der Waals surface area (Å²) >= 11 is 0.